The van der Waals surface area contributed by atoms with Crippen molar-refractivity contribution in [3.05, 3.63) is 23.4 Å². The lowest BCUT2D eigenvalue weighted by atomic mass is 9.79. The second-order valence-electron chi connectivity index (χ2n) is 6.38. The molecule has 0 saturated carbocycles. The van der Waals surface area contributed by atoms with Gasteiger partial charge < -0.3 is 15.4 Å². The number of primary amides is 1. The molecule has 19 heavy (non-hydrogen) atoms. The number of allylic oxidation sites excluding steroid dienone is 3. The van der Waals surface area contributed by atoms with Crippen LogP contribution in [0.4, 0.5) is 0 Å². The quantitative estimate of drug-likeness (QED) is 0.720. The van der Waals surface area contributed by atoms with E-state index in [1.807, 2.05) is 0 Å². The number of carbonyl (C=O) groups excluding carboxylic acids is 1. The number of nitrogens with zero attached hydrogens (tertiary/aromatic N) is 1. The Bertz CT molecular complexity index is 490. The molecule has 4 heteroatoms. The van der Waals surface area contributed by atoms with Gasteiger partial charge in [0.05, 0.1) is 12.5 Å². The molecular formula is C15H20N2O2. The first-order chi connectivity index (χ1) is 9.17. The molecule has 2 saturated heterocycles. The van der Waals surface area contributed by atoms with Gasteiger partial charge in [-0.15, -0.1) is 0 Å². The van der Waals surface area contributed by atoms with Crippen LogP contribution in [0.25, 0.3) is 0 Å². The van der Waals surface area contributed by atoms with E-state index in [2.05, 4.69) is 17.1 Å². The Kier molecular flexibility index (Phi) is 2.34. The van der Waals surface area contributed by atoms with Crippen LogP contribution in [-0.4, -0.2) is 36.1 Å². The minimum absolute atomic E-state index is 0.00251. The molecule has 3 aliphatic heterocycles. The molecule has 2 N–H and O–H groups in total. The van der Waals surface area contributed by atoms with Gasteiger partial charge in [0, 0.05) is 25.2 Å². The van der Waals surface area contributed by atoms with E-state index in [4.69, 9.17) is 10.5 Å². The molecule has 3 atom stereocenters. The summed E-state index contributed by atoms with van der Waals surface area (Å²) in [6.45, 7) is 2.77. The van der Waals surface area contributed by atoms with Crippen LogP contribution in [0.15, 0.2) is 23.4 Å². The van der Waals surface area contributed by atoms with Crippen LogP contribution in [0.1, 0.15) is 25.7 Å². The molecule has 102 valence electrons. The summed E-state index contributed by atoms with van der Waals surface area (Å²) in [6.07, 6.45) is 8.89. The normalized spacial score (nSPS) is 40.1. The predicted octanol–water partition coefficient (Wildman–Crippen LogP) is 1.19. The molecule has 0 aromatic rings. The summed E-state index contributed by atoms with van der Waals surface area (Å²) < 4.78 is 5.60. The van der Waals surface area contributed by atoms with Gasteiger partial charge in [0.2, 0.25) is 5.91 Å². The van der Waals surface area contributed by atoms with Crippen molar-refractivity contribution in [2.45, 2.75) is 31.3 Å². The number of ether oxygens (including phenoxy) is 1. The van der Waals surface area contributed by atoms with E-state index < -0.39 is 0 Å². The van der Waals surface area contributed by atoms with Crippen LogP contribution < -0.4 is 5.73 Å². The molecule has 0 bridgehead atoms. The molecule has 0 radical (unpaired) electrons. The number of carbonyl (C=O) groups is 1. The third kappa shape index (κ3) is 1.81. The maximum atomic E-state index is 11.4. The van der Waals surface area contributed by atoms with E-state index in [9.17, 15) is 4.79 Å². The van der Waals surface area contributed by atoms with E-state index in [0.29, 0.717) is 5.92 Å². The number of epoxide rings is 1. The summed E-state index contributed by atoms with van der Waals surface area (Å²) in [7, 11) is 0. The SMILES string of the molecule is NC(=O)C1CC2=C3C=CC4(CO4)CC3CCCN2C1. The van der Waals surface area contributed by atoms with Crippen molar-refractivity contribution in [2.24, 2.45) is 17.6 Å². The van der Waals surface area contributed by atoms with Crippen molar-refractivity contribution in [2.75, 3.05) is 19.7 Å². The maximum Gasteiger partial charge on any atom is 0.222 e. The molecule has 4 nitrogen and oxygen atoms in total. The molecule has 0 aromatic heterocycles. The van der Waals surface area contributed by atoms with Crippen molar-refractivity contribution < 1.29 is 9.53 Å². The summed E-state index contributed by atoms with van der Waals surface area (Å²) in [5, 5.41) is 0. The fraction of sp³-hybridized carbons (Fsp3) is 0.667. The molecule has 0 aromatic carbocycles. The largest absolute Gasteiger partial charge is 0.374 e. The summed E-state index contributed by atoms with van der Waals surface area (Å²) in [5.41, 5.74) is 8.37. The van der Waals surface area contributed by atoms with Crippen molar-refractivity contribution in [3.63, 3.8) is 0 Å². The summed E-state index contributed by atoms with van der Waals surface area (Å²) >= 11 is 0. The third-order valence-corrected chi connectivity index (χ3v) is 5.09. The van der Waals surface area contributed by atoms with Gasteiger partial charge >= 0.3 is 0 Å². The lowest BCUT2D eigenvalue weighted by Gasteiger charge is -2.26. The average molecular weight is 260 g/mol. The zero-order valence-electron chi connectivity index (χ0n) is 11.1. The number of hydrogen-bond acceptors (Lipinski definition) is 3. The van der Waals surface area contributed by atoms with Gasteiger partial charge in [-0.1, -0.05) is 12.2 Å². The Labute approximate surface area is 113 Å². The number of amides is 1. The van der Waals surface area contributed by atoms with E-state index >= 15 is 0 Å². The van der Waals surface area contributed by atoms with Gasteiger partial charge in [-0.2, -0.15) is 0 Å². The summed E-state index contributed by atoms with van der Waals surface area (Å²) in [6, 6.07) is 0. The highest BCUT2D eigenvalue weighted by Crippen LogP contribution is 2.47. The van der Waals surface area contributed by atoms with Crippen molar-refractivity contribution >= 4 is 5.91 Å². The lowest BCUT2D eigenvalue weighted by Crippen LogP contribution is -2.27. The fourth-order valence-electron chi connectivity index (χ4n) is 3.92. The van der Waals surface area contributed by atoms with E-state index in [-0.39, 0.29) is 17.4 Å². The molecule has 1 aliphatic carbocycles. The summed E-state index contributed by atoms with van der Waals surface area (Å²) in [5.74, 6) is 0.460. The van der Waals surface area contributed by atoms with Crippen LogP contribution >= 0.6 is 0 Å². The second kappa shape index (κ2) is 3.85. The molecule has 1 spiro atoms. The van der Waals surface area contributed by atoms with E-state index in [1.54, 1.807) is 0 Å². The first kappa shape index (κ1) is 11.5. The molecule has 3 heterocycles. The lowest BCUT2D eigenvalue weighted by molar-refractivity contribution is -0.121. The first-order valence-corrected chi connectivity index (χ1v) is 7.27. The van der Waals surface area contributed by atoms with Crippen molar-refractivity contribution in [1.29, 1.82) is 0 Å². The minimum atomic E-state index is -0.153. The monoisotopic (exact) mass is 260 g/mol. The highest BCUT2D eigenvalue weighted by molar-refractivity contribution is 5.78. The maximum absolute atomic E-state index is 11.4. The van der Waals surface area contributed by atoms with Crippen molar-refractivity contribution in [3.8, 4) is 0 Å². The highest BCUT2D eigenvalue weighted by Gasteiger charge is 2.48. The highest BCUT2D eigenvalue weighted by atomic mass is 16.6. The molecule has 2 fully saturated rings. The Morgan fingerprint density at radius 3 is 3.11 bits per heavy atom. The van der Waals surface area contributed by atoms with Crippen LogP contribution in [0.5, 0.6) is 0 Å². The van der Waals surface area contributed by atoms with Gasteiger partial charge in [0.15, 0.2) is 0 Å². The Morgan fingerprint density at radius 2 is 2.37 bits per heavy atom. The average Bonchev–Trinajstić information content (AvgIpc) is 3.03. The zero-order chi connectivity index (χ0) is 13.0. The van der Waals surface area contributed by atoms with E-state index in [0.717, 1.165) is 32.5 Å². The number of rotatable bonds is 1. The zero-order valence-corrected chi connectivity index (χ0v) is 11.1. The molecule has 4 rings (SSSR count). The van der Waals surface area contributed by atoms with Crippen molar-refractivity contribution in [1.82, 2.24) is 4.90 Å². The number of hydrogen-bond donors (Lipinski definition) is 1. The van der Waals surface area contributed by atoms with Crippen LogP contribution in [0, 0.1) is 11.8 Å². The second-order valence-corrected chi connectivity index (χ2v) is 6.38. The molecule has 3 unspecified atom stereocenters. The Morgan fingerprint density at radius 1 is 1.53 bits per heavy atom. The van der Waals surface area contributed by atoms with Gasteiger partial charge in [-0.05, 0) is 30.8 Å². The third-order valence-electron chi connectivity index (χ3n) is 5.09. The van der Waals surface area contributed by atoms with Crippen LogP contribution in [0.2, 0.25) is 0 Å². The molecule has 1 amide bonds. The Hall–Kier alpha value is -1.29. The topological polar surface area (TPSA) is 58.9 Å². The summed E-state index contributed by atoms with van der Waals surface area (Å²) in [4.78, 5) is 13.8. The molecular weight excluding hydrogens is 240 g/mol. The van der Waals surface area contributed by atoms with Crippen LogP contribution in [0.3, 0.4) is 0 Å². The number of fused-ring (bicyclic) bond motifs is 2. The number of nitrogens with two attached hydrogens (primary N) is 1. The molecule has 4 aliphatic rings. The van der Waals surface area contributed by atoms with Gasteiger partial charge in [0.1, 0.15) is 5.60 Å². The fourth-order valence-corrected chi connectivity index (χ4v) is 3.92. The predicted molar refractivity (Wildman–Crippen MR) is 71.1 cm³/mol. The Balaban J connectivity index is 1.70. The van der Waals surface area contributed by atoms with Gasteiger partial charge in [-0.25, -0.2) is 0 Å². The first-order valence-electron chi connectivity index (χ1n) is 7.27. The minimum Gasteiger partial charge on any atom is -0.374 e. The standard InChI is InChI=1S/C15H20N2O2/c16-14(18)11-6-13-12-3-4-15(9-19-15)7-10(12)2-1-5-17(13)8-11/h3-4,10-11H,1-2,5-9H2,(H2,16,18). The van der Waals surface area contributed by atoms with E-state index in [1.165, 1.54) is 24.1 Å². The van der Waals surface area contributed by atoms with Gasteiger partial charge in [0.25, 0.3) is 0 Å². The smallest absolute Gasteiger partial charge is 0.222 e. The van der Waals surface area contributed by atoms with Gasteiger partial charge in [-0.3, -0.25) is 4.79 Å². The van der Waals surface area contributed by atoms with Crippen LogP contribution in [-0.2, 0) is 9.53 Å².